The lowest BCUT2D eigenvalue weighted by molar-refractivity contribution is 0.265. The molecule has 3 nitrogen and oxygen atoms in total. The fourth-order valence-corrected chi connectivity index (χ4v) is 3.03. The highest BCUT2D eigenvalue weighted by molar-refractivity contribution is 5.42. The molecular weight excluding hydrogens is 234 g/mol. The van der Waals surface area contributed by atoms with Crippen LogP contribution in [0.3, 0.4) is 0 Å². The normalized spacial score (nSPS) is 20.7. The van der Waals surface area contributed by atoms with E-state index in [1.54, 1.807) is 0 Å². The van der Waals surface area contributed by atoms with Gasteiger partial charge in [-0.25, -0.2) is 4.98 Å². The van der Waals surface area contributed by atoms with Crippen LogP contribution in [0, 0.1) is 12.8 Å². The van der Waals surface area contributed by atoms with Gasteiger partial charge in [-0.1, -0.05) is 0 Å². The van der Waals surface area contributed by atoms with Crippen LogP contribution in [0.2, 0.25) is 0 Å². The van der Waals surface area contributed by atoms with Crippen molar-refractivity contribution >= 4 is 5.65 Å². The Morgan fingerprint density at radius 3 is 3.00 bits per heavy atom. The molecular formula is C16H23N3. The molecule has 0 amide bonds. The molecule has 3 heterocycles. The van der Waals surface area contributed by atoms with Gasteiger partial charge in [-0.3, -0.25) is 0 Å². The van der Waals surface area contributed by atoms with Crippen LogP contribution in [0.25, 0.3) is 5.65 Å². The molecule has 0 aliphatic carbocycles. The van der Waals surface area contributed by atoms with E-state index in [2.05, 4.69) is 54.6 Å². The van der Waals surface area contributed by atoms with Crippen LogP contribution >= 0.6 is 0 Å². The molecule has 0 aromatic carbocycles. The molecule has 1 fully saturated rings. The first-order valence-corrected chi connectivity index (χ1v) is 7.30. The summed E-state index contributed by atoms with van der Waals surface area (Å²) >= 11 is 0. The van der Waals surface area contributed by atoms with Crippen molar-refractivity contribution in [3.63, 3.8) is 0 Å². The molecule has 3 rings (SSSR count). The molecule has 1 saturated heterocycles. The smallest absolute Gasteiger partial charge is 0.137 e. The van der Waals surface area contributed by atoms with Crippen molar-refractivity contribution in [1.82, 2.24) is 14.3 Å². The lowest BCUT2D eigenvalue weighted by Crippen LogP contribution is -2.28. The number of pyridine rings is 1. The van der Waals surface area contributed by atoms with Crippen molar-refractivity contribution < 1.29 is 0 Å². The highest BCUT2D eigenvalue weighted by Crippen LogP contribution is 2.22. The highest BCUT2D eigenvalue weighted by Gasteiger charge is 2.24. The maximum atomic E-state index is 4.75. The topological polar surface area (TPSA) is 20.5 Å². The van der Waals surface area contributed by atoms with Gasteiger partial charge in [0.1, 0.15) is 5.65 Å². The highest BCUT2D eigenvalue weighted by atomic mass is 15.2. The minimum atomic E-state index is 0.675. The summed E-state index contributed by atoms with van der Waals surface area (Å²) < 4.78 is 2.14. The third-order valence-corrected chi connectivity index (χ3v) is 4.21. The van der Waals surface area contributed by atoms with E-state index in [-0.39, 0.29) is 0 Å². The van der Waals surface area contributed by atoms with E-state index in [1.807, 2.05) is 0 Å². The standard InChI is InChI=1S/C16H23N3/c1-12(2)18-7-5-14(10-18)9-15-11-19-6-4-13(3)8-16(19)17-15/h4,6,8,11-12,14H,5,7,9-10H2,1-3H3. The molecule has 2 aromatic heterocycles. The third-order valence-electron chi connectivity index (χ3n) is 4.21. The molecule has 102 valence electrons. The monoisotopic (exact) mass is 257 g/mol. The Morgan fingerprint density at radius 2 is 2.26 bits per heavy atom. The van der Waals surface area contributed by atoms with Gasteiger partial charge >= 0.3 is 0 Å². The number of aryl methyl sites for hydroxylation is 1. The van der Waals surface area contributed by atoms with Gasteiger partial charge in [-0.15, -0.1) is 0 Å². The van der Waals surface area contributed by atoms with E-state index in [1.165, 1.54) is 30.8 Å². The van der Waals surface area contributed by atoms with Crippen LogP contribution in [-0.4, -0.2) is 33.4 Å². The number of hydrogen-bond acceptors (Lipinski definition) is 2. The van der Waals surface area contributed by atoms with Gasteiger partial charge in [-0.2, -0.15) is 0 Å². The summed E-state index contributed by atoms with van der Waals surface area (Å²) in [5, 5.41) is 0. The van der Waals surface area contributed by atoms with Gasteiger partial charge in [-0.05, 0) is 63.8 Å². The molecule has 2 aromatic rings. The molecule has 1 unspecified atom stereocenters. The number of rotatable bonds is 3. The Bertz CT molecular complexity index is 570. The van der Waals surface area contributed by atoms with E-state index in [0.29, 0.717) is 6.04 Å². The molecule has 1 atom stereocenters. The Labute approximate surface area is 115 Å². The summed E-state index contributed by atoms with van der Waals surface area (Å²) in [6.07, 6.45) is 6.72. The average molecular weight is 257 g/mol. The van der Waals surface area contributed by atoms with Crippen LogP contribution in [0.5, 0.6) is 0 Å². The first-order valence-electron chi connectivity index (χ1n) is 7.30. The number of fused-ring (bicyclic) bond motifs is 1. The molecule has 1 aliphatic heterocycles. The zero-order chi connectivity index (χ0) is 13.4. The fraction of sp³-hybridized carbons (Fsp3) is 0.562. The van der Waals surface area contributed by atoms with Gasteiger partial charge < -0.3 is 9.30 Å². The van der Waals surface area contributed by atoms with E-state index < -0.39 is 0 Å². The predicted molar refractivity (Wildman–Crippen MR) is 78.4 cm³/mol. The van der Waals surface area contributed by atoms with Gasteiger partial charge in [0.15, 0.2) is 0 Å². The van der Waals surface area contributed by atoms with Crippen LogP contribution in [0.15, 0.2) is 24.5 Å². The van der Waals surface area contributed by atoms with Crippen molar-refractivity contribution in [1.29, 1.82) is 0 Å². The minimum Gasteiger partial charge on any atom is -0.307 e. The molecule has 0 bridgehead atoms. The molecule has 0 saturated carbocycles. The molecule has 1 aliphatic rings. The third kappa shape index (κ3) is 2.66. The van der Waals surface area contributed by atoms with Gasteiger partial charge in [0.05, 0.1) is 5.69 Å². The maximum Gasteiger partial charge on any atom is 0.137 e. The molecule has 0 radical (unpaired) electrons. The van der Waals surface area contributed by atoms with E-state index in [9.17, 15) is 0 Å². The summed E-state index contributed by atoms with van der Waals surface area (Å²) in [7, 11) is 0. The quantitative estimate of drug-likeness (QED) is 0.842. The van der Waals surface area contributed by atoms with Crippen molar-refractivity contribution in [3.8, 4) is 0 Å². The predicted octanol–water partition coefficient (Wildman–Crippen LogP) is 2.92. The van der Waals surface area contributed by atoms with Crippen LogP contribution < -0.4 is 0 Å². The second kappa shape index (κ2) is 4.97. The Balaban J connectivity index is 1.72. The fourth-order valence-electron chi connectivity index (χ4n) is 3.03. The number of likely N-dealkylation sites (tertiary alicyclic amines) is 1. The molecule has 3 heteroatoms. The van der Waals surface area contributed by atoms with Crippen LogP contribution in [0.4, 0.5) is 0 Å². The van der Waals surface area contributed by atoms with Crippen molar-refractivity contribution in [2.45, 2.75) is 39.7 Å². The minimum absolute atomic E-state index is 0.675. The Kier molecular flexibility index (Phi) is 3.31. The zero-order valence-electron chi connectivity index (χ0n) is 12.1. The van der Waals surface area contributed by atoms with Gasteiger partial charge in [0, 0.05) is 25.0 Å². The zero-order valence-corrected chi connectivity index (χ0v) is 12.1. The van der Waals surface area contributed by atoms with E-state index >= 15 is 0 Å². The first-order chi connectivity index (χ1) is 9.11. The molecule has 19 heavy (non-hydrogen) atoms. The van der Waals surface area contributed by atoms with Crippen molar-refractivity contribution in [2.24, 2.45) is 5.92 Å². The van der Waals surface area contributed by atoms with Gasteiger partial charge in [0.25, 0.3) is 0 Å². The maximum absolute atomic E-state index is 4.75. The molecule has 0 spiro atoms. The van der Waals surface area contributed by atoms with Crippen molar-refractivity contribution in [3.05, 3.63) is 35.8 Å². The number of hydrogen-bond donors (Lipinski definition) is 0. The number of aromatic nitrogens is 2. The second-order valence-electron chi connectivity index (χ2n) is 6.15. The summed E-state index contributed by atoms with van der Waals surface area (Å²) in [5.41, 5.74) is 3.59. The Hall–Kier alpha value is -1.35. The largest absolute Gasteiger partial charge is 0.307 e. The molecule has 0 N–H and O–H groups in total. The first kappa shape index (κ1) is 12.7. The van der Waals surface area contributed by atoms with E-state index in [0.717, 1.165) is 18.0 Å². The van der Waals surface area contributed by atoms with Crippen LogP contribution in [0.1, 0.15) is 31.5 Å². The van der Waals surface area contributed by atoms with Gasteiger partial charge in [0.2, 0.25) is 0 Å². The summed E-state index contributed by atoms with van der Waals surface area (Å²) in [6, 6.07) is 4.96. The number of nitrogens with zero attached hydrogens (tertiary/aromatic N) is 3. The van der Waals surface area contributed by atoms with Crippen molar-refractivity contribution in [2.75, 3.05) is 13.1 Å². The lowest BCUT2D eigenvalue weighted by atomic mass is 10.0. The summed E-state index contributed by atoms with van der Waals surface area (Å²) in [4.78, 5) is 7.33. The lowest BCUT2D eigenvalue weighted by Gasteiger charge is -2.19. The second-order valence-corrected chi connectivity index (χ2v) is 6.15. The average Bonchev–Trinajstić information content (AvgIpc) is 2.95. The summed E-state index contributed by atoms with van der Waals surface area (Å²) in [6.45, 7) is 9.16. The number of imidazole rings is 1. The van der Waals surface area contributed by atoms with Crippen LogP contribution in [-0.2, 0) is 6.42 Å². The SMILES string of the molecule is Cc1ccn2cc(CC3CCN(C(C)C)C3)nc2c1. The summed E-state index contributed by atoms with van der Waals surface area (Å²) in [5.74, 6) is 0.772. The Morgan fingerprint density at radius 1 is 1.42 bits per heavy atom. The van der Waals surface area contributed by atoms with E-state index in [4.69, 9.17) is 4.98 Å².